The molecule has 3 heteroatoms. The fourth-order valence-electron chi connectivity index (χ4n) is 2.58. The lowest BCUT2D eigenvalue weighted by Gasteiger charge is -2.22. The molecule has 0 aromatic heterocycles. The Kier molecular flexibility index (Phi) is 4.00. The zero-order chi connectivity index (χ0) is 12.3. The van der Waals surface area contributed by atoms with Crippen molar-refractivity contribution in [1.82, 2.24) is 5.32 Å². The van der Waals surface area contributed by atoms with Crippen LogP contribution in [0.5, 0.6) is 0 Å². The van der Waals surface area contributed by atoms with Crippen molar-refractivity contribution in [3.8, 4) is 0 Å². The highest BCUT2D eigenvalue weighted by Crippen LogP contribution is 2.28. The molecular formula is C14H21FN2. The van der Waals surface area contributed by atoms with Crippen LogP contribution in [0.15, 0.2) is 18.2 Å². The highest BCUT2D eigenvalue weighted by molar-refractivity contribution is 5.54. The first-order valence-corrected chi connectivity index (χ1v) is 6.42. The van der Waals surface area contributed by atoms with E-state index < -0.39 is 0 Å². The van der Waals surface area contributed by atoms with Crippen molar-refractivity contribution in [2.45, 2.75) is 26.3 Å². The van der Waals surface area contributed by atoms with Gasteiger partial charge in [0, 0.05) is 25.3 Å². The minimum atomic E-state index is -0.148. The predicted molar refractivity (Wildman–Crippen MR) is 69.8 cm³/mol. The molecule has 1 heterocycles. The summed E-state index contributed by atoms with van der Waals surface area (Å²) in [7, 11) is 1.90. The Morgan fingerprint density at radius 2 is 2.29 bits per heavy atom. The van der Waals surface area contributed by atoms with Gasteiger partial charge < -0.3 is 10.2 Å². The van der Waals surface area contributed by atoms with Crippen LogP contribution >= 0.6 is 0 Å². The average Bonchev–Trinajstić information content (AvgIpc) is 2.78. The third-order valence-electron chi connectivity index (χ3n) is 3.61. The van der Waals surface area contributed by atoms with Gasteiger partial charge >= 0.3 is 0 Å². The molecule has 0 bridgehead atoms. The van der Waals surface area contributed by atoms with Crippen LogP contribution in [0.25, 0.3) is 0 Å². The average molecular weight is 236 g/mol. The standard InChI is InChI=1S/C14H21FN2/c1-3-11-6-7-17(10-11)14-5-4-13(15)8-12(14)9-16-2/h4-5,8,11,16H,3,6-7,9-10H2,1-2H3. The second kappa shape index (κ2) is 5.50. The van der Waals surface area contributed by atoms with Crippen LogP contribution < -0.4 is 10.2 Å². The maximum absolute atomic E-state index is 13.3. The van der Waals surface area contributed by atoms with E-state index in [0.717, 1.165) is 31.1 Å². The van der Waals surface area contributed by atoms with E-state index in [9.17, 15) is 4.39 Å². The molecular weight excluding hydrogens is 215 g/mol. The lowest BCUT2D eigenvalue weighted by Crippen LogP contribution is -2.22. The molecule has 1 unspecified atom stereocenters. The highest BCUT2D eigenvalue weighted by Gasteiger charge is 2.22. The lowest BCUT2D eigenvalue weighted by molar-refractivity contribution is 0.569. The molecule has 0 amide bonds. The number of hydrogen-bond donors (Lipinski definition) is 1. The van der Waals surface area contributed by atoms with Gasteiger partial charge in [-0.2, -0.15) is 0 Å². The summed E-state index contributed by atoms with van der Waals surface area (Å²) in [5.41, 5.74) is 2.25. The molecule has 1 atom stereocenters. The van der Waals surface area contributed by atoms with Crippen LogP contribution in [-0.2, 0) is 6.54 Å². The summed E-state index contributed by atoms with van der Waals surface area (Å²) in [6.07, 6.45) is 2.49. The minimum Gasteiger partial charge on any atom is -0.371 e. The molecule has 0 radical (unpaired) electrons. The predicted octanol–water partition coefficient (Wildman–Crippen LogP) is 2.78. The van der Waals surface area contributed by atoms with Crippen LogP contribution in [0, 0.1) is 11.7 Å². The monoisotopic (exact) mass is 236 g/mol. The van der Waals surface area contributed by atoms with E-state index in [1.165, 1.54) is 18.5 Å². The summed E-state index contributed by atoms with van der Waals surface area (Å²) in [4.78, 5) is 2.39. The number of benzene rings is 1. The summed E-state index contributed by atoms with van der Waals surface area (Å²) in [6, 6.07) is 5.12. The van der Waals surface area contributed by atoms with E-state index in [-0.39, 0.29) is 5.82 Å². The first kappa shape index (κ1) is 12.4. The second-order valence-electron chi connectivity index (χ2n) is 4.81. The number of nitrogens with zero attached hydrogens (tertiary/aromatic N) is 1. The molecule has 1 aromatic rings. The van der Waals surface area contributed by atoms with Gasteiger partial charge in [0.05, 0.1) is 0 Å². The van der Waals surface area contributed by atoms with E-state index >= 15 is 0 Å². The molecule has 1 aromatic carbocycles. The van der Waals surface area contributed by atoms with Gasteiger partial charge in [-0.3, -0.25) is 0 Å². The van der Waals surface area contributed by atoms with Crippen LogP contribution in [0.1, 0.15) is 25.3 Å². The van der Waals surface area contributed by atoms with Crippen LogP contribution in [0.3, 0.4) is 0 Å². The van der Waals surface area contributed by atoms with Crippen molar-refractivity contribution in [2.24, 2.45) is 5.92 Å². The fourth-order valence-corrected chi connectivity index (χ4v) is 2.58. The zero-order valence-corrected chi connectivity index (χ0v) is 10.7. The van der Waals surface area contributed by atoms with Gasteiger partial charge in [0.1, 0.15) is 5.82 Å². The smallest absolute Gasteiger partial charge is 0.123 e. The molecule has 2 rings (SSSR count). The van der Waals surface area contributed by atoms with Crippen molar-refractivity contribution in [2.75, 3.05) is 25.0 Å². The van der Waals surface area contributed by atoms with Gasteiger partial charge in [-0.05, 0) is 43.1 Å². The Bertz CT molecular complexity index is 378. The Hall–Kier alpha value is -1.09. The summed E-state index contributed by atoms with van der Waals surface area (Å²) < 4.78 is 13.3. The maximum atomic E-state index is 13.3. The third kappa shape index (κ3) is 2.78. The highest BCUT2D eigenvalue weighted by atomic mass is 19.1. The van der Waals surface area contributed by atoms with E-state index in [1.807, 2.05) is 13.1 Å². The number of hydrogen-bond acceptors (Lipinski definition) is 2. The number of nitrogens with one attached hydrogen (secondary N) is 1. The topological polar surface area (TPSA) is 15.3 Å². The van der Waals surface area contributed by atoms with Gasteiger partial charge in [-0.15, -0.1) is 0 Å². The molecule has 1 aliphatic rings. The molecule has 1 saturated heterocycles. The number of halogens is 1. The Labute approximate surface area is 103 Å². The van der Waals surface area contributed by atoms with Crippen molar-refractivity contribution in [3.63, 3.8) is 0 Å². The molecule has 1 aliphatic heterocycles. The van der Waals surface area contributed by atoms with E-state index in [0.29, 0.717) is 0 Å². The molecule has 0 aliphatic carbocycles. The Balaban J connectivity index is 2.19. The van der Waals surface area contributed by atoms with Crippen molar-refractivity contribution < 1.29 is 4.39 Å². The summed E-state index contributed by atoms with van der Waals surface area (Å²) in [6.45, 7) is 5.17. The molecule has 2 nitrogen and oxygen atoms in total. The maximum Gasteiger partial charge on any atom is 0.123 e. The molecule has 1 fully saturated rings. The lowest BCUT2D eigenvalue weighted by atomic mass is 10.1. The van der Waals surface area contributed by atoms with Gasteiger partial charge in [0.25, 0.3) is 0 Å². The van der Waals surface area contributed by atoms with Crippen molar-refractivity contribution in [1.29, 1.82) is 0 Å². The summed E-state index contributed by atoms with van der Waals surface area (Å²) >= 11 is 0. The fraction of sp³-hybridized carbons (Fsp3) is 0.571. The quantitative estimate of drug-likeness (QED) is 0.864. The van der Waals surface area contributed by atoms with E-state index in [4.69, 9.17) is 0 Å². The largest absolute Gasteiger partial charge is 0.371 e. The second-order valence-corrected chi connectivity index (χ2v) is 4.81. The normalized spacial score (nSPS) is 19.9. The minimum absolute atomic E-state index is 0.148. The molecule has 1 N–H and O–H groups in total. The summed E-state index contributed by atoms with van der Waals surface area (Å²) in [5.74, 6) is 0.646. The van der Waals surface area contributed by atoms with E-state index in [1.54, 1.807) is 12.1 Å². The van der Waals surface area contributed by atoms with Gasteiger partial charge in [-0.1, -0.05) is 13.3 Å². The van der Waals surface area contributed by atoms with Crippen LogP contribution in [-0.4, -0.2) is 20.1 Å². The zero-order valence-electron chi connectivity index (χ0n) is 10.7. The molecule has 0 spiro atoms. The summed E-state index contributed by atoms with van der Waals surface area (Å²) in [5, 5.41) is 3.11. The van der Waals surface area contributed by atoms with Gasteiger partial charge in [0.2, 0.25) is 0 Å². The van der Waals surface area contributed by atoms with Crippen molar-refractivity contribution in [3.05, 3.63) is 29.6 Å². The number of rotatable bonds is 4. The SMILES string of the molecule is CCC1CCN(c2ccc(F)cc2CNC)C1. The van der Waals surface area contributed by atoms with Gasteiger partial charge in [-0.25, -0.2) is 4.39 Å². The molecule has 94 valence electrons. The molecule has 17 heavy (non-hydrogen) atoms. The third-order valence-corrected chi connectivity index (χ3v) is 3.61. The van der Waals surface area contributed by atoms with Gasteiger partial charge in [0.15, 0.2) is 0 Å². The molecule has 0 saturated carbocycles. The first-order valence-electron chi connectivity index (χ1n) is 6.42. The van der Waals surface area contributed by atoms with Crippen molar-refractivity contribution >= 4 is 5.69 Å². The Morgan fingerprint density at radius 3 is 2.94 bits per heavy atom. The van der Waals surface area contributed by atoms with Crippen LogP contribution in [0.2, 0.25) is 0 Å². The number of anilines is 1. The first-order chi connectivity index (χ1) is 8.24. The van der Waals surface area contributed by atoms with E-state index in [2.05, 4.69) is 17.1 Å². The van der Waals surface area contributed by atoms with Crippen LogP contribution in [0.4, 0.5) is 10.1 Å². The Morgan fingerprint density at radius 1 is 1.47 bits per heavy atom.